The van der Waals surface area contributed by atoms with Gasteiger partial charge in [-0.3, -0.25) is 9.59 Å². The summed E-state index contributed by atoms with van der Waals surface area (Å²) < 4.78 is 0. The number of benzene rings is 3. The van der Waals surface area contributed by atoms with Gasteiger partial charge >= 0.3 is 0 Å². The fourth-order valence-corrected chi connectivity index (χ4v) is 3.62. The average molecular weight is 416 g/mol. The summed E-state index contributed by atoms with van der Waals surface area (Å²) in [6.45, 7) is 1.88. The fourth-order valence-electron chi connectivity index (χ4n) is 3.43. The van der Waals surface area contributed by atoms with Gasteiger partial charge in [0.1, 0.15) is 0 Å². The molecule has 5 nitrogen and oxygen atoms in total. The summed E-state index contributed by atoms with van der Waals surface area (Å²) in [7, 11) is 0. The van der Waals surface area contributed by atoms with Gasteiger partial charge in [0, 0.05) is 27.2 Å². The van der Waals surface area contributed by atoms with Crippen LogP contribution < -0.4 is 11.1 Å². The van der Waals surface area contributed by atoms with Crippen molar-refractivity contribution >= 4 is 40.0 Å². The summed E-state index contributed by atoms with van der Waals surface area (Å²) in [5, 5.41) is 4.26. The van der Waals surface area contributed by atoms with E-state index in [1.54, 1.807) is 30.3 Å². The van der Waals surface area contributed by atoms with E-state index in [0.717, 1.165) is 16.5 Å². The minimum atomic E-state index is -0.519. The highest BCUT2D eigenvalue weighted by atomic mass is 35.5. The average Bonchev–Trinajstić information content (AvgIpc) is 2.73. The number of carbonyl (C=O) groups excluding carboxylic acids is 2. The topological polar surface area (TPSA) is 85.1 Å². The number of primary amides is 1. The SMILES string of the molecule is Cc1c(-c2cccc(Cl)c2)nc2ccccc2c1C(=O)Nc1ccc(C(N)=O)cc1. The van der Waals surface area contributed by atoms with Gasteiger partial charge in [-0.1, -0.05) is 41.9 Å². The number of anilines is 1. The van der Waals surface area contributed by atoms with Crippen molar-refractivity contribution in [2.45, 2.75) is 6.92 Å². The second-order valence-corrected chi connectivity index (χ2v) is 7.32. The van der Waals surface area contributed by atoms with Crippen molar-refractivity contribution in [2.24, 2.45) is 5.73 Å². The Labute approximate surface area is 178 Å². The maximum atomic E-state index is 13.3. The van der Waals surface area contributed by atoms with E-state index in [2.05, 4.69) is 5.32 Å². The number of para-hydroxylation sites is 1. The van der Waals surface area contributed by atoms with Gasteiger partial charge in [-0.15, -0.1) is 0 Å². The number of nitrogens with one attached hydrogen (secondary N) is 1. The molecule has 0 aliphatic heterocycles. The number of rotatable bonds is 4. The summed E-state index contributed by atoms with van der Waals surface area (Å²) >= 11 is 6.17. The quantitative estimate of drug-likeness (QED) is 0.479. The lowest BCUT2D eigenvalue weighted by Crippen LogP contribution is -2.16. The Balaban J connectivity index is 1.81. The van der Waals surface area contributed by atoms with E-state index in [1.807, 2.05) is 49.4 Å². The van der Waals surface area contributed by atoms with Gasteiger partial charge < -0.3 is 11.1 Å². The smallest absolute Gasteiger partial charge is 0.256 e. The van der Waals surface area contributed by atoms with Crippen molar-refractivity contribution in [3.05, 3.63) is 94.5 Å². The predicted molar refractivity (Wildman–Crippen MR) is 120 cm³/mol. The predicted octanol–water partition coefficient (Wildman–Crippen LogP) is 5.21. The highest BCUT2D eigenvalue weighted by Crippen LogP contribution is 2.31. The molecule has 30 heavy (non-hydrogen) atoms. The van der Waals surface area contributed by atoms with Crippen molar-refractivity contribution in [1.29, 1.82) is 0 Å². The molecule has 0 unspecified atom stereocenters. The summed E-state index contributed by atoms with van der Waals surface area (Å²) in [5.74, 6) is -0.781. The molecule has 0 aliphatic rings. The number of amides is 2. The van der Waals surface area contributed by atoms with Crippen LogP contribution in [0.2, 0.25) is 5.02 Å². The maximum Gasteiger partial charge on any atom is 0.256 e. The number of pyridine rings is 1. The number of hydrogen-bond donors (Lipinski definition) is 2. The van der Waals surface area contributed by atoms with E-state index in [-0.39, 0.29) is 5.91 Å². The van der Waals surface area contributed by atoms with Crippen LogP contribution in [0.3, 0.4) is 0 Å². The fraction of sp³-hybridized carbons (Fsp3) is 0.0417. The Bertz CT molecular complexity index is 1280. The minimum absolute atomic E-state index is 0.263. The Morgan fingerprint density at radius 1 is 0.967 bits per heavy atom. The number of aromatic nitrogens is 1. The molecule has 3 aromatic carbocycles. The molecule has 0 radical (unpaired) electrons. The zero-order valence-corrected chi connectivity index (χ0v) is 16.9. The third kappa shape index (κ3) is 3.75. The second kappa shape index (κ2) is 7.97. The van der Waals surface area contributed by atoms with Crippen LogP contribution in [-0.2, 0) is 0 Å². The van der Waals surface area contributed by atoms with Crippen molar-refractivity contribution < 1.29 is 9.59 Å². The largest absolute Gasteiger partial charge is 0.366 e. The van der Waals surface area contributed by atoms with Crippen LogP contribution >= 0.6 is 11.6 Å². The molecule has 148 valence electrons. The molecule has 4 aromatic rings. The van der Waals surface area contributed by atoms with E-state index in [1.165, 1.54) is 0 Å². The second-order valence-electron chi connectivity index (χ2n) is 6.88. The Morgan fingerprint density at radius 3 is 2.40 bits per heavy atom. The van der Waals surface area contributed by atoms with Crippen LogP contribution in [0, 0.1) is 6.92 Å². The summed E-state index contributed by atoms with van der Waals surface area (Å²) in [6, 6.07) is 21.4. The van der Waals surface area contributed by atoms with Crippen molar-refractivity contribution in [2.75, 3.05) is 5.32 Å². The first-order valence-corrected chi connectivity index (χ1v) is 9.68. The van der Waals surface area contributed by atoms with E-state index < -0.39 is 5.91 Å². The molecule has 2 amide bonds. The molecule has 0 atom stereocenters. The van der Waals surface area contributed by atoms with Gasteiger partial charge in [0.05, 0.1) is 16.8 Å². The molecule has 0 bridgehead atoms. The molecule has 0 saturated carbocycles. The normalized spacial score (nSPS) is 10.7. The van der Waals surface area contributed by atoms with Crippen molar-refractivity contribution in [3.63, 3.8) is 0 Å². The van der Waals surface area contributed by atoms with Gasteiger partial charge in [0.25, 0.3) is 5.91 Å². The first-order chi connectivity index (χ1) is 14.4. The van der Waals surface area contributed by atoms with Crippen LogP contribution in [-0.4, -0.2) is 16.8 Å². The Kier molecular flexibility index (Phi) is 5.21. The van der Waals surface area contributed by atoms with Crippen LogP contribution in [0.1, 0.15) is 26.3 Å². The van der Waals surface area contributed by atoms with Crippen molar-refractivity contribution in [1.82, 2.24) is 4.98 Å². The van der Waals surface area contributed by atoms with Crippen LogP contribution in [0.15, 0.2) is 72.8 Å². The highest BCUT2D eigenvalue weighted by molar-refractivity contribution is 6.30. The molecule has 3 N–H and O–H groups in total. The number of halogens is 1. The molecular formula is C24H18ClN3O2. The van der Waals surface area contributed by atoms with Crippen molar-refractivity contribution in [3.8, 4) is 11.3 Å². The van der Waals surface area contributed by atoms with Gasteiger partial charge in [-0.05, 0) is 55.0 Å². The minimum Gasteiger partial charge on any atom is -0.366 e. The number of nitrogens with two attached hydrogens (primary N) is 1. The van der Waals surface area contributed by atoms with Crippen LogP contribution in [0.4, 0.5) is 5.69 Å². The standard InChI is InChI=1S/C24H18ClN3O2/c1-14-21(24(30)27-18-11-9-15(10-12-18)23(26)29)19-7-2-3-8-20(19)28-22(14)16-5-4-6-17(25)13-16/h2-13H,1H3,(H2,26,29)(H,27,30). The molecule has 0 saturated heterocycles. The number of carbonyl (C=O) groups is 2. The van der Waals surface area contributed by atoms with Crippen LogP contribution in [0.25, 0.3) is 22.2 Å². The third-order valence-corrected chi connectivity index (χ3v) is 5.12. The first-order valence-electron chi connectivity index (χ1n) is 9.30. The lowest BCUT2D eigenvalue weighted by Gasteiger charge is -2.15. The Morgan fingerprint density at radius 2 is 1.70 bits per heavy atom. The van der Waals surface area contributed by atoms with Crippen LogP contribution in [0.5, 0.6) is 0 Å². The zero-order valence-electron chi connectivity index (χ0n) is 16.1. The molecule has 0 spiro atoms. The maximum absolute atomic E-state index is 13.3. The number of fused-ring (bicyclic) bond motifs is 1. The molecule has 0 fully saturated rings. The number of hydrogen-bond acceptors (Lipinski definition) is 3. The highest BCUT2D eigenvalue weighted by Gasteiger charge is 2.19. The third-order valence-electron chi connectivity index (χ3n) is 4.89. The molecule has 1 aromatic heterocycles. The van der Waals surface area contributed by atoms with E-state index in [9.17, 15) is 9.59 Å². The molecule has 6 heteroatoms. The van der Waals surface area contributed by atoms with Gasteiger partial charge in [-0.2, -0.15) is 0 Å². The first kappa shape index (κ1) is 19.6. The van der Waals surface area contributed by atoms with Gasteiger partial charge in [0.2, 0.25) is 5.91 Å². The lowest BCUT2D eigenvalue weighted by atomic mass is 9.97. The van der Waals surface area contributed by atoms with E-state index in [0.29, 0.717) is 33.0 Å². The molecular weight excluding hydrogens is 398 g/mol. The van der Waals surface area contributed by atoms with Gasteiger partial charge in [0.15, 0.2) is 0 Å². The van der Waals surface area contributed by atoms with E-state index in [4.69, 9.17) is 22.3 Å². The van der Waals surface area contributed by atoms with E-state index >= 15 is 0 Å². The summed E-state index contributed by atoms with van der Waals surface area (Å²) in [5.41, 5.74) is 9.76. The summed E-state index contributed by atoms with van der Waals surface area (Å²) in [4.78, 5) is 29.3. The lowest BCUT2D eigenvalue weighted by molar-refractivity contribution is 0.0998. The summed E-state index contributed by atoms with van der Waals surface area (Å²) in [6.07, 6.45) is 0. The molecule has 1 heterocycles. The van der Waals surface area contributed by atoms with Gasteiger partial charge in [-0.25, -0.2) is 4.98 Å². The zero-order chi connectivity index (χ0) is 21.3. The Hall–Kier alpha value is -3.70. The molecule has 0 aliphatic carbocycles. The monoisotopic (exact) mass is 415 g/mol. The molecule has 4 rings (SSSR count). The number of nitrogens with zero attached hydrogens (tertiary/aromatic N) is 1.